The Balaban J connectivity index is 2.08. The normalized spacial score (nSPS) is 18.0. The fourth-order valence-electron chi connectivity index (χ4n) is 3.18. The third-order valence-electron chi connectivity index (χ3n) is 4.73. The minimum absolute atomic E-state index is 0.0602. The smallest absolute Gasteiger partial charge is 0.252 e. The molecule has 1 fully saturated rings. The summed E-state index contributed by atoms with van der Waals surface area (Å²) in [6.45, 7) is 0.668. The highest BCUT2D eigenvalue weighted by Gasteiger charge is 2.33. The largest absolute Gasteiger partial charge is 0.350 e. The molecule has 122 valence electrons. The molecule has 0 aromatic heterocycles. The van der Waals surface area contributed by atoms with Crippen molar-refractivity contribution in [1.29, 1.82) is 0 Å². The van der Waals surface area contributed by atoms with Gasteiger partial charge in [-0.15, -0.1) is 0 Å². The summed E-state index contributed by atoms with van der Waals surface area (Å²) in [4.78, 5) is 14.8. The second kappa shape index (κ2) is 7.80. The Kier molecular flexibility index (Phi) is 6.30. The quantitative estimate of drug-likeness (QED) is 0.772. The molecular formula is C17H24BrClN2O. The van der Waals surface area contributed by atoms with Crippen LogP contribution in [0.5, 0.6) is 0 Å². The topological polar surface area (TPSA) is 32.3 Å². The number of carbonyl (C=O) groups excluding carboxylic acids is 1. The Morgan fingerprint density at radius 3 is 2.50 bits per heavy atom. The molecule has 1 aromatic rings. The lowest BCUT2D eigenvalue weighted by Crippen LogP contribution is -2.52. The van der Waals surface area contributed by atoms with E-state index in [-0.39, 0.29) is 11.4 Å². The van der Waals surface area contributed by atoms with Crippen molar-refractivity contribution in [3.63, 3.8) is 0 Å². The van der Waals surface area contributed by atoms with Gasteiger partial charge >= 0.3 is 0 Å². The molecule has 0 atom stereocenters. The summed E-state index contributed by atoms with van der Waals surface area (Å²) in [5.41, 5.74) is 0.587. The zero-order valence-corrected chi connectivity index (χ0v) is 15.6. The van der Waals surface area contributed by atoms with E-state index in [1.54, 1.807) is 12.1 Å². The second-order valence-corrected chi connectivity index (χ2v) is 7.66. The van der Waals surface area contributed by atoms with Crippen LogP contribution in [0.4, 0.5) is 0 Å². The SMILES string of the molecule is CN(C)C1(CNC(=O)c2cc(Br)ccc2Cl)CCCCCC1. The van der Waals surface area contributed by atoms with Gasteiger partial charge in [0.15, 0.2) is 0 Å². The van der Waals surface area contributed by atoms with E-state index < -0.39 is 0 Å². The van der Waals surface area contributed by atoms with Gasteiger partial charge in [-0.1, -0.05) is 53.2 Å². The molecule has 1 N–H and O–H groups in total. The Labute approximate surface area is 146 Å². The van der Waals surface area contributed by atoms with E-state index in [0.717, 1.165) is 17.3 Å². The number of halogens is 2. The van der Waals surface area contributed by atoms with Crippen LogP contribution in [0.25, 0.3) is 0 Å². The van der Waals surface area contributed by atoms with Crippen molar-refractivity contribution in [1.82, 2.24) is 10.2 Å². The first-order valence-electron chi connectivity index (χ1n) is 7.85. The molecular weight excluding hydrogens is 364 g/mol. The van der Waals surface area contributed by atoms with Gasteiger partial charge in [0.2, 0.25) is 0 Å². The monoisotopic (exact) mass is 386 g/mol. The van der Waals surface area contributed by atoms with Crippen LogP contribution in [0, 0.1) is 0 Å². The standard InChI is InChI=1S/C17H24BrClN2O/c1-21(2)17(9-5-3-4-6-10-17)12-20-16(22)14-11-13(18)7-8-15(14)19/h7-8,11H,3-6,9-10,12H2,1-2H3,(H,20,22). The van der Waals surface area contributed by atoms with Crippen LogP contribution in [0.15, 0.2) is 22.7 Å². The van der Waals surface area contributed by atoms with Crippen molar-refractivity contribution in [3.8, 4) is 0 Å². The number of nitrogens with one attached hydrogen (secondary N) is 1. The van der Waals surface area contributed by atoms with E-state index >= 15 is 0 Å². The zero-order valence-electron chi connectivity index (χ0n) is 13.3. The van der Waals surface area contributed by atoms with Gasteiger partial charge in [0.05, 0.1) is 10.6 Å². The fraction of sp³-hybridized carbons (Fsp3) is 0.588. The maximum atomic E-state index is 12.5. The molecule has 3 nitrogen and oxygen atoms in total. The molecule has 1 aliphatic rings. The summed E-state index contributed by atoms with van der Waals surface area (Å²) in [6.07, 6.45) is 7.30. The maximum absolute atomic E-state index is 12.5. The van der Waals surface area contributed by atoms with E-state index in [1.165, 1.54) is 25.7 Å². The molecule has 0 radical (unpaired) electrons. The summed E-state index contributed by atoms with van der Waals surface area (Å²) >= 11 is 9.53. The predicted octanol–water partition coefficient (Wildman–Crippen LogP) is 4.49. The van der Waals surface area contributed by atoms with Crippen LogP contribution in [0.1, 0.15) is 48.9 Å². The van der Waals surface area contributed by atoms with Crippen molar-refractivity contribution in [2.24, 2.45) is 0 Å². The van der Waals surface area contributed by atoms with Crippen LogP contribution in [0.2, 0.25) is 5.02 Å². The molecule has 0 spiro atoms. The molecule has 1 aromatic carbocycles. The molecule has 1 saturated carbocycles. The third kappa shape index (κ3) is 4.24. The number of hydrogen-bond donors (Lipinski definition) is 1. The van der Waals surface area contributed by atoms with E-state index in [4.69, 9.17) is 11.6 Å². The Hall–Kier alpha value is -0.580. The average molecular weight is 388 g/mol. The molecule has 22 heavy (non-hydrogen) atoms. The van der Waals surface area contributed by atoms with E-state index in [2.05, 4.69) is 40.2 Å². The molecule has 0 aliphatic heterocycles. The number of hydrogen-bond acceptors (Lipinski definition) is 2. The Morgan fingerprint density at radius 2 is 1.91 bits per heavy atom. The van der Waals surface area contributed by atoms with Crippen LogP contribution >= 0.6 is 27.5 Å². The van der Waals surface area contributed by atoms with Gasteiger partial charge < -0.3 is 10.2 Å². The van der Waals surface area contributed by atoms with E-state index in [9.17, 15) is 4.79 Å². The summed E-state index contributed by atoms with van der Waals surface area (Å²) in [5.74, 6) is -0.100. The first kappa shape index (κ1) is 17.8. The lowest BCUT2D eigenvalue weighted by Gasteiger charge is -2.39. The van der Waals surface area contributed by atoms with Crippen LogP contribution in [-0.4, -0.2) is 37.0 Å². The molecule has 1 amide bonds. The summed E-state index contributed by atoms with van der Waals surface area (Å²) in [6, 6.07) is 5.35. The van der Waals surface area contributed by atoms with Crippen molar-refractivity contribution in [2.75, 3.05) is 20.6 Å². The van der Waals surface area contributed by atoms with Crippen LogP contribution < -0.4 is 5.32 Å². The molecule has 5 heteroatoms. The first-order valence-corrected chi connectivity index (χ1v) is 9.02. The highest BCUT2D eigenvalue weighted by molar-refractivity contribution is 9.10. The second-order valence-electron chi connectivity index (χ2n) is 6.34. The lowest BCUT2D eigenvalue weighted by atomic mass is 9.88. The zero-order chi connectivity index (χ0) is 16.2. The van der Waals surface area contributed by atoms with Gasteiger partial charge in [0, 0.05) is 16.6 Å². The van der Waals surface area contributed by atoms with E-state index in [1.807, 2.05) is 6.07 Å². The lowest BCUT2D eigenvalue weighted by molar-refractivity contribution is 0.0869. The molecule has 0 bridgehead atoms. The summed E-state index contributed by atoms with van der Waals surface area (Å²) in [7, 11) is 4.23. The highest BCUT2D eigenvalue weighted by atomic mass is 79.9. The first-order chi connectivity index (χ1) is 10.4. The molecule has 2 rings (SSSR count). The summed E-state index contributed by atoms with van der Waals surface area (Å²) in [5, 5.41) is 3.59. The van der Waals surface area contributed by atoms with Crippen LogP contribution in [0.3, 0.4) is 0 Å². The number of nitrogens with zero attached hydrogens (tertiary/aromatic N) is 1. The minimum atomic E-state index is -0.100. The minimum Gasteiger partial charge on any atom is -0.350 e. The third-order valence-corrected chi connectivity index (χ3v) is 5.56. The van der Waals surface area contributed by atoms with Gasteiger partial charge in [-0.05, 0) is 45.1 Å². The molecule has 0 heterocycles. The van der Waals surface area contributed by atoms with Crippen molar-refractivity contribution in [3.05, 3.63) is 33.3 Å². The molecule has 0 saturated heterocycles. The summed E-state index contributed by atoms with van der Waals surface area (Å²) < 4.78 is 0.860. The molecule has 1 aliphatic carbocycles. The number of rotatable bonds is 4. The number of likely N-dealkylation sites (N-methyl/N-ethyl adjacent to an activating group) is 1. The average Bonchev–Trinajstić information content (AvgIpc) is 2.74. The van der Waals surface area contributed by atoms with Gasteiger partial charge in [0.25, 0.3) is 5.91 Å². The van der Waals surface area contributed by atoms with Gasteiger partial charge in [-0.3, -0.25) is 4.79 Å². The van der Waals surface area contributed by atoms with Gasteiger partial charge in [-0.2, -0.15) is 0 Å². The van der Waals surface area contributed by atoms with Crippen LogP contribution in [-0.2, 0) is 0 Å². The van der Waals surface area contributed by atoms with Crippen molar-refractivity contribution >= 4 is 33.4 Å². The molecule has 0 unspecified atom stereocenters. The Morgan fingerprint density at radius 1 is 1.27 bits per heavy atom. The van der Waals surface area contributed by atoms with Crippen molar-refractivity contribution in [2.45, 2.75) is 44.1 Å². The number of amides is 1. The van der Waals surface area contributed by atoms with Gasteiger partial charge in [-0.25, -0.2) is 0 Å². The Bertz CT molecular complexity index is 525. The fourth-order valence-corrected chi connectivity index (χ4v) is 3.74. The van der Waals surface area contributed by atoms with Crippen molar-refractivity contribution < 1.29 is 4.79 Å². The van der Waals surface area contributed by atoms with E-state index in [0.29, 0.717) is 17.1 Å². The van der Waals surface area contributed by atoms with Gasteiger partial charge in [0.1, 0.15) is 0 Å². The number of benzene rings is 1. The predicted molar refractivity (Wildman–Crippen MR) is 95.6 cm³/mol. The maximum Gasteiger partial charge on any atom is 0.252 e. The number of carbonyl (C=O) groups is 1. The highest BCUT2D eigenvalue weighted by Crippen LogP contribution is 2.31.